The molecule has 0 spiro atoms. The van der Waals surface area contributed by atoms with Gasteiger partial charge in [0.1, 0.15) is 0 Å². The molecule has 0 heterocycles. The molecule has 0 saturated carbocycles. The zero-order chi connectivity index (χ0) is 17.9. The van der Waals surface area contributed by atoms with Gasteiger partial charge in [-0.15, -0.1) is 40.6 Å². The van der Waals surface area contributed by atoms with Gasteiger partial charge in [0.15, 0.2) is 0 Å². The molecule has 0 N–H and O–H groups in total. The number of hydrogen-bond donors (Lipinski definition) is 0. The van der Waals surface area contributed by atoms with Crippen LogP contribution in [0.25, 0.3) is 10.8 Å². The summed E-state index contributed by atoms with van der Waals surface area (Å²) in [6.45, 7) is 15.7. The minimum absolute atomic E-state index is 0. The van der Waals surface area contributed by atoms with Gasteiger partial charge in [-0.2, -0.15) is 33.9 Å². The van der Waals surface area contributed by atoms with Crippen molar-refractivity contribution < 1.29 is 51.0 Å². The van der Waals surface area contributed by atoms with Crippen molar-refractivity contribution in [2.45, 2.75) is 67.2 Å². The molecule has 0 unspecified atom stereocenters. The summed E-state index contributed by atoms with van der Waals surface area (Å²) in [6.07, 6.45) is 2.50. The van der Waals surface area contributed by atoms with E-state index in [4.69, 9.17) is 0 Å². The molecule has 0 nitrogen and oxygen atoms in total. The Labute approximate surface area is 197 Å². The van der Waals surface area contributed by atoms with E-state index in [2.05, 4.69) is 84.9 Å². The quantitative estimate of drug-likeness (QED) is 0.494. The molecule has 0 aliphatic carbocycles. The molecule has 3 aromatic carbocycles. The molecule has 0 aliphatic rings. The average molecular weight is 483 g/mol. The van der Waals surface area contributed by atoms with E-state index in [0.717, 1.165) is 0 Å². The van der Waals surface area contributed by atoms with Gasteiger partial charge in [0.05, 0.1) is 0 Å². The van der Waals surface area contributed by atoms with Gasteiger partial charge in [0.2, 0.25) is 0 Å². The van der Waals surface area contributed by atoms with Crippen molar-refractivity contribution in [3.8, 4) is 0 Å². The second-order valence-corrected chi connectivity index (χ2v) is 7.30. The van der Waals surface area contributed by atoms with Crippen LogP contribution in [-0.2, 0) is 32.6 Å². The van der Waals surface area contributed by atoms with Gasteiger partial charge in [-0.1, -0.05) is 67.4 Å². The Kier molecular flexibility index (Phi) is 13.9. The van der Waals surface area contributed by atoms with Crippen LogP contribution in [-0.4, -0.2) is 0 Å². The number of fused-ring (bicyclic) bond motifs is 1. The topological polar surface area (TPSA) is 0 Å². The molecule has 0 amide bonds. The Hall–Kier alpha value is -0.357. The van der Waals surface area contributed by atoms with Crippen molar-refractivity contribution in [2.75, 3.05) is 0 Å². The number of halogens is 2. The van der Waals surface area contributed by atoms with E-state index in [1.165, 1.54) is 51.4 Å². The zero-order valence-corrected chi connectivity index (χ0v) is 21.7. The average Bonchev–Trinajstić information content (AvgIpc) is 3.08. The van der Waals surface area contributed by atoms with Crippen LogP contribution in [0.1, 0.15) is 66.5 Å². The normalized spacial score (nSPS) is 9.78. The largest absolute Gasteiger partial charge is 4.00 e. The van der Waals surface area contributed by atoms with Gasteiger partial charge >= 0.3 is 26.2 Å². The van der Waals surface area contributed by atoms with Crippen LogP contribution in [0.2, 0.25) is 0 Å². The second-order valence-electron chi connectivity index (χ2n) is 7.30. The minimum atomic E-state index is 0. The van der Waals surface area contributed by atoms with Crippen LogP contribution in [0.5, 0.6) is 0 Å². The minimum Gasteiger partial charge on any atom is -1.00 e. The summed E-state index contributed by atoms with van der Waals surface area (Å²) in [5, 5.41) is 2.72. The molecule has 146 valence electrons. The van der Waals surface area contributed by atoms with E-state index < -0.39 is 0 Å². The van der Waals surface area contributed by atoms with Crippen LogP contribution in [0, 0.1) is 27.7 Å². The second kappa shape index (κ2) is 13.0. The van der Waals surface area contributed by atoms with E-state index in [-0.39, 0.29) is 51.0 Å². The molecule has 0 bridgehead atoms. The number of rotatable bonds is 3. The fourth-order valence-corrected chi connectivity index (χ4v) is 3.43. The van der Waals surface area contributed by atoms with Gasteiger partial charge < -0.3 is 24.8 Å². The van der Waals surface area contributed by atoms with Gasteiger partial charge in [0.25, 0.3) is 0 Å². The molecule has 0 saturated heterocycles. The molecular formula is C24H32Cl2Zr. The summed E-state index contributed by atoms with van der Waals surface area (Å²) < 4.78 is 0. The molecule has 27 heavy (non-hydrogen) atoms. The first-order valence-electron chi connectivity index (χ1n) is 9.24. The monoisotopic (exact) mass is 480 g/mol. The first-order valence-corrected chi connectivity index (χ1v) is 9.24. The van der Waals surface area contributed by atoms with Crippen molar-refractivity contribution in [3.63, 3.8) is 0 Å². The van der Waals surface area contributed by atoms with E-state index in [1.807, 2.05) is 0 Å². The molecule has 0 fully saturated rings. The van der Waals surface area contributed by atoms with Gasteiger partial charge in [-0.25, -0.2) is 0 Å². The zero-order valence-electron chi connectivity index (χ0n) is 17.7. The third kappa shape index (κ3) is 6.88. The van der Waals surface area contributed by atoms with E-state index in [1.54, 1.807) is 5.56 Å². The Morgan fingerprint density at radius 3 is 2.04 bits per heavy atom. The van der Waals surface area contributed by atoms with Crippen molar-refractivity contribution in [1.29, 1.82) is 0 Å². The van der Waals surface area contributed by atoms with E-state index in [0.29, 0.717) is 5.92 Å². The van der Waals surface area contributed by atoms with E-state index in [9.17, 15) is 0 Å². The number of benzene rings is 1. The van der Waals surface area contributed by atoms with Crippen LogP contribution in [0.3, 0.4) is 0 Å². The fraction of sp³-hybridized carbons (Fsp3) is 0.417. The molecule has 3 heteroatoms. The fourth-order valence-electron chi connectivity index (χ4n) is 3.43. The Balaban J connectivity index is 0. The summed E-state index contributed by atoms with van der Waals surface area (Å²) in [7, 11) is 0. The van der Waals surface area contributed by atoms with Crippen molar-refractivity contribution in [3.05, 3.63) is 69.8 Å². The maximum Gasteiger partial charge on any atom is 4.00 e. The van der Waals surface area contributed by atoms with Gasteiger partial charge in [-0.3, -0.25) is 0 Å². The molecule has 0 radical (unpaired) electrons. The van der Waals surface area contributed by atoms with Crippen LogP contribution >= 0.6 is 0 Å². The molecule has 3 rings (SSSR count). The van der Waals surface area contributed by atoms with Crippen LogP contribution in [0.15, 0.2) is 36.4 Å². The van der Waals surface area contributed by atoms with Gasteiger partial charge in [0, 0.05) is 0 Å². The van der Waals surface area contributed by atoms with Gasteiger partial charge in [-0.05, 0) is 5.92 Å². The predicted molar refractivity (Wildman–Crippen MR) is 109 cm³/mol. The van der Waals surface area contributed by atoms with Crippen LogP contribution in [0.4, 0.5) is 0 Å². The molecule has 0 atom stereocenters. The SMILES string of the molecule is CC(C)c1cc2ccccc2[cH-]1.CCCc1c(C)c(C)c(C)[c-]1C.[Cl-].[Cl-].[Zr+4]. The molecule has 3 aromatic rings. The summed E-state index contributed by atoms with van der Waals surface area (Å²) in [4.78, 5) is 0. The van der Waals surface area contributed by atoms with Crippen molar-refractivity contribution >= 4 is 10.8 Å². The van der Waals surface area contributed by atoms with Crippen molar-refractivity contribution in [1.82, 2.24) is 0 Å². The molecule has 0 aliphatic heterocycles. The molecular weight excluding hydrogens is 450 g/mol. The van der Waals surface area contributed by atoms with E-state index >= 15 is 0 Å². The predicted octanol–water partition coefficient (Wildman–Crippen LogP) is 1.28. The third-order valence-corrected chi connectivity index (χ3v) is 5.40. The van der Waals surface area contributed by atoms with Crippen LogP contribution < -0.4 is 24.8 Å². The number of hydrogen-bond acceptors (Lipinski definition) is 0. The maximum atomic E-state index is 2.28. The summed E-state index contributed by atoms with van der Waals surface area (Å²) in [5.41, 5.74) is 9.06. The maximum absolute atomic E-state index is 2.28. The standard InChI is InChI=1S/C12H13.C12H19.2ClH.Zr/c1-9(2)12-7-10-5-3-4-6-11(10)8-12;1-6-7-12-10(4)8(2)9(3)11(12)5;;;/h3-9H,1-2H3;6-7H2,1-5H3;2*1H;/q2*-1;;;+4/p-2. The first kappa shape index (κ1) is 28.8. The third-order valence-electron chi connectivity index (χ3n) is 5.40. The Bertz CT molecular complexity index is 751. The summed E-state index contributed by atoms with van der Waals surface area (Å²) in [5.74, 6) is 0.636. The summed E-state index contributed by atoms with van der Waals surface area (Å²) >= 11 is 0. The van der Waals surface area contributed by atoms with Crippen molar-refractivity contribution in [2.24, 2.45) is 0 Å². The summed E-state index contributed by atoms with van der Waals surface area (Å²) in [6, 6.07) is 13.1. The first-order chi connectivity index (χ1) is 11.4. The Morgan fingerprint density at radius 1 is 1.00 bits per heavy atom. The molecule has 0 aromatic heterocycles. The smallest absolute Gasteiger partial charge is 1.00 e. The Morgan fingerprint density at radius 2 is 1.59 bits per heavy atom.